The van der Waals surface area contributed by atoms with Gasteiger partial charge in [-0.15, -0.1) is 23.2 Å². The van der Waals surface area contributed by atoms with Crippen LogP contribution < -0.4 is 0 Å². The second-order valence-electron chi connectivity index (χ2n) is 4.84. The van der Waals surface area contributed by atoms with Crippen molar-refractivity contribution in [2.45, 2.75) is 30.4 Å². The van der Waals surface area contributed by atoms with Crippen molar-refractivity contribution in [1.29, 1.82) is 5.26 Å². The maximum atomic E-state index is 9.04. The highest BCUT2D eigenvalue weighted by Gasteiger charge is 2.67. The van der Waals surface area contributed by atoms with Crippen LogP contribution >= 0.6 is 34.8 Å². The van der Waals surface area contributed by atoms with E-state index in [0.29, 0.717) is 23.8 Å². The van der Waals surface area contributed by atoms with Crippen molar-refractivity contribution in [3.63, 3.8) is 0 Å². The molecule has 1 aliphatic rings. The molecule has 0 aliphatic heterocycles. The molecule has 0 unspecified atom stereocenters. The fourth-order valence-corrected chi connectivity index (χ4v) is 3.66. The summed E-state index contributed by atoms with van der Waals surface area (Å²) in [7, 11) is 0. The number of nitriles is 1. The second-order valence-corrected chi connectivity index (χ2v) is 6.72. The van der Waals surface area contributed by atoms with E-state index in [1.54, 1.807) is 18.2 Å². The predicted octanol–water partition coefficient (Wildman–Crippen LogP) is 4.50. The van der Waals surface area contributed by atoms with Gasteiger partial charge in [0.1, 0.15) is 4.33 Å². The molecule has 3 nitrogen and oxygen atoms in total. The molecule has 1 aliphatic carbocycles. The summed E-state index contributed by atoms with van der Waals surface area (Å²) in [5, 5.41) is 9.53. The first-order chi connectivity index (χ1) is 9.95. The highest BCUT2D eigenvalue weighted by atomic mass is 35.5. The van der Waals surface area contributed by atoms with Gasteiger partial charge in [0.2, 0.25) is 0 Å². The van der Waals surface area contributed by atoms with Crippen LogP contribution in [0.2, 0.25) is 5.02 Å². The Morgan fingerprint density at radius 2 is 1.86 bits per heavy atom. The number of halogens is 3. The Balaban J connectivity index is 2.28. The lowest BCUT2D eigenvalue weighted by molar-refractivity contribution is -0.149. The minimum Gasteiger partial charge on any atom is -0.353 e. The number of ether oxygens (including phenoxy) is 2. The lowest BCUT2D eigenvalue weighted by Gasteiger charge is -2.17. The molecular formula is C15H16Cl3NO2. The highest BCUT2D eigenvalue weighted by molar-refractivity contribution is 6.52. The molecule has 0 heterocycles. The van der Waals surface area contributed by atoms with E-state index >= 15 is 0 Å². The average Bonchev–Trinajstić information content (AvgIpc) is 3.00. The summed E-state index contributed by atoms with van der Waals surface area (Å²) in [5.74, 6) is -0.361. The number of benzene rings is 1. The first kappa shape index (κ1) is 16.9. The summed E-state index contributed by atoms with van der Waals surface area (Å²) < 4.78 is 10.2. The van der Waals surface area contributed by atoms with Gasteiger partial charge in [0, 0.05) is 24.2 Å². The zero-order chi connectivity index (χ0) is 15.6. The van der Waals surface area contributed by atoms with Crippen LogP contribution in [0.4, 0.5) is 0 Å². The molecule has 2 rings (SSSR count). The summed E-state index contributed by atoms with van der Waals surface area (Å²) in [6.45, 7) is 4.80. The molecule has 0 radical (unpaired) electrons. The fraction of sp³-hybridized carbons (Fsp3) is 0.533. The Morgan fingerprint density at radius 1 is 1.24 bits per heavy atom. The zero-order valence-corrected chi connectivity index (χ0v) is 14.0. The molecule has 114 valence electrons. The molecule has 0 N–H and O–H groups in total. The Bertz CT molecular complexity index is 550. The van der Waals surface area contributed by atoms with Gasteiger partial charge in [-0.2, -0.15) is 5.26 Å². The molecule has 1 fully saturated rings. The van der Waals surface area contributed by atoms with E-state index in [0.717, 1.165) is 5.56 Å². The van der Waals surface area contributed by atoms with Crippen molar-refractivity contribution >= 4 is 34.8 Å². The predicted molar refractivity (Wildman–Crippen MR) is 83.9 cm³/mol. The Hall–Kier alpha value is -0.500. The van der Waals surface area contributed by atoms with Crippen LogP contribution in [0.1, 0.15) is 30.9 Å². The third-order valence-corrected chi connectivity index (χ3v) is 4.66. The summed E-state index contributed by atoms with van der Waals surface area (Å²) in [6, 6.07) is 7.22. The van der Waals surface area contributed by atoms with Crippen molar-refractivity contribution in [2.24, 2.45) is 5.92 Å². The van der Waals surface area contributed by atoms with Crippen molar-refractivity contribution in [1.82, 2.24) is 0 Å². The van der Waals surface area contributed by atoms with Gasteiger partial charge in [0.25, 0.3) is 0 Å². The van der Waals surface area contributed by atoms with Crippen LogP contribution in [0.25, 0.3) is 0 Å². The van der Waals surface area contributed by atoms with E-state index < -0.39 is 10.6 Å². The first-order valence-electron chi connectivity index (χ1n) is 6.77. The minimum atomic E-state index is -0.980. The van der Waals surface area contributed by atoms with Crippen LogP contribution in [0.3, 0.4) is 0 Å². The number of rotatable bonds is 6. The molecule has 1 saturated carbocycles. The standard InChI is InChI=1S/C15H16Cl3NO2/c1-3-20-14(21-4-2)13-12(15(13,17)18)10-5-9(8-19)6-11(16)7-10/h5-7,12-14H,3-4H2,1-2H3/t12-,13+/m0/s1. The third-order valence-electron chi connectivity index (χ3n) is 3.47. The van der Waals surface area contributed by atoms with Crippen molar-refractivity contribution < 1.29 is 9.47 Å². The smallest absolute Gasteiger partial charge is 0.163 e. The van der Waals surface area contributed by atoms with Crippen LogP contribution in [-0.4, -0.2) is 23.8 Å². The molecule has 1 aromatic carbocycles. The minimum absolute atomic E-state index is 0.172. The topological polar surface area (TPSA) is 42.2 Å². The summed E-state index contributed by atoms with van der Waals surface area (Å²) in [4.78, 5) is 0. The Kier molecular flexibility index (Phi) is 5.40. The van der Waals surface area contributed by atoms with E-state index in [4.69, 9.17) is 49.5 Å². The van der Waals surface area contributed by atoms with Gasteiger partial charge < -0.3 is 9.47 Å². The summed E-state index contributed by atoms with van der Waals surface area (Å²) >= 11 is 18.8. The summed E-state index contributed by atoms with van der Waals surface area (Å²) in [5.41, 5.74) is 1.31. The maximum absolute atomic E-state index is 9.04. The largest absolute Gasteiger partial charge is 0.353 e. The van der Waals surface area contributed by atoms with E-state index in [2.05, 4.69) is 6.07 Å². The van der Waals surface area contributed by atoms with E-state index in [9.17, 15) is 0 Å². The number of alkyl halides is 2. The van der Waals surface area contributed by atoms with Crippen molar-refractivity contribution in [2.75, 3.05) is 13.2 Å². The summed E-state index contributed by atoms with van der Waals surface area (Å²) in [6.07, 6.45) is -0.468. The molecule has 0 spiro atoms. The number of nitrogens with zero attached hydrogens (tertiary/aromatic N) is 1. The average molecular weight is 349 g/mol. The number of hydrogen-bond donors (Lipinski definition) is 0. The van der Waals surface area contributed by atoms with E-state index in [1.807, 2.05) is 13.8 Å². The van der Waals surface area contributed by atoms with Crippen LogP contribution in [0.5, 0.6) is 0 Å². The van der Waals surface area contributed by atoms with Gasteiger partial charge in [0.15, 0.2) is 6.29 Å². The first-order valence-corrected chi connectivity index (χ1v) is 7.90. The molecular weight excluding hydrogens is 333 g/mol. The zero-order valence-electron chi connectivity index (χ0n) is 11.8. The molecule has 0 saturated heterocycles. The maximum Gasteiger partial charge on any atom is 0.163 e. The third kappa shape index (κ3) is 3.47. The highest BCUT2D eigenvalue weighted by Crippen LogP contribution is 2.67. The van der Waals surface area contributed by atoms with Gasteiger partial charge >= 0.3 is 0 Å². The SMILES string of the molecule is CCOC(OCC)[C@H]1[C@H](c2cc(Cl)cc(C#N)c2)C1(Cl)Cl. The molecule has 2 atom stereocenters. The van der Waals surface area contributed by atoms with Gasteiger partial charge in [0.05, 0.1) is 17.6 Å². The molecule has 0 bridgehead atoms. The molecule has 6 heteroatoms. The van der Waals surface area contributed by atoms with E-state index in [1.165, 1.54) is 0 Å². The van der Waals surface area contributed by atoms with Crippen molar-refractivity contribution in [3.05, 3.63) is 34.3 Å². The monoisotopic (exact) mass is 347 g/mol. The Morgan fingerprint density at radius 3 is 2.38 bits per heavy atom. The normalized spacial score (nSPS) is 23.1. The van der Waals surface area contributed by atoms with Crippen LogP contribution in [0.15, 0.2) is 18.2 Å². The van der Waals surface area contributed by atoms with E-state index in [-0.39, 0.29) is 11.8 Å². The van der Waals surface area contributed by atoms with Gasteiger partial charge in [-0.1, -0.05) is 11.6 Å². The Labute approximate surface area is 139 Å². The van der Waals surface area contributed by atoms with Gasteiger partial charge in [-0.3, -0.25) is 0 Å². The fourth-order valence-electron chi connectivity index (χ4n) is 2.56. The van der Waals surface area contributed by atoms with Crippen molar-refractivity contribution in [3.8, 4) is 6.07 Å². The quantitative estimate of drug-likeness (QED) is 0.561. The molecule has 1 aromatic rings. The van der Waals surface area contributed by atoms with Crippen LogP contribution in [0, 0.1) is 17.2 Å². The van der Waals surface area contributed by atoms with Gasteiger partial charge in [-0.05, 0) is 37.6 Å². The molecule has 0 aromatic heterocycles. The van der Waals surface area contributed by atoms with Crippen LogP contribution in [-0.2, 0) is 9.47 Å². The number of hydrogen-bond acceptors (Lipinski definition) is 3. The van der Waals surface area contributed by atoms with Gasteiger partial charge in [-0.25, -0.2) is 0 Å². The lowest BCUT2D eigenvalue weighted by atomic mass is 10.1. The molecule has 0 amide bonds. The second kappa shape index (κ2) is 6.73. The lowest BCUT2D eigenvalue weighted by Crippen LogP contribution is -2.22. The molecule has 21 heavy (non-hydrogen) atoms.